The number of aryl methyl sites for hydroxylation is 1. The summed E-state index contributed by atoms with van der Waals surface area (Å²) in [5.74, 6) is -0.226. The van der Waals surface area contributed by atoms with Gasteiger partial charge in [0.05, 0.1) is 12.3 Å². The highest BCUT2D eigenvalue weighted by molar-refractivity contribution is 7.17. The number of piperazine rings is 1. The van der Waals surface area contributed by atoms with Gasteiger partial charge in [-0.05, 0) is 60.0 Å². The maximum Gasteiger partial charge on any atom is 0.510 e. The van der Waals surface area contributed by atoms with Crippen molar-refractivity contribution in [2.24, 2.45) is 0 Å². The number of thiophene rings is 1. The lowest BCUT2D eigenvalue weighted by Crippen LogP contribution is -2.47. The van der Waals surface area contributed by atoms with Crippen molar-refractivity contribution in [3.05, 3.63) is 58.7 Å². The first kappa shape index (κ1) is 31.3. The average molecular weight is 610 g/mol. The van der Waals surface area contributed by atoms with E-state index in [0.717, 1.165) is 91.0 Å². The van der Waals surface area contributed by atoms with E-state index >= 15 is 0 Å². The molecule has 43 heavy (non-hydrogen) atoms. The molecule has 2 aromatic carbocycles. The maximum atomic E-state index is 14.2. The second kappa shape index (κ2) is 15.5. The van der Waals surface area contributed by atoms with E-state index in [1.54, 1.807) is 28.4 Å². The molecule has 3 heterocycles. The molecule has 3 aromatic rings. The van der Waals surface area contributed by atoms with Gasteiger partial charge in [0.1, 0.15) is 5.82 Å². The first-order chi connectivity index (χ1) is 21.0. The van der Waals surface area contributed by atoms with Crippen LogP contribution in [0.3, 0.4) is 0 Å². The number of halogens is 1. The predicted molar refractivity (Wildman–Crippen MR) is 172 cm³/mol. The number of benzene rings is 2. The van der Waals surface area contributed by atoms with Crippen LogP contribution < -0.4 is 9.80 Å². The van der Waals surface area contributed by atoms with Crippen LogP contribution in [0.4, 0.5) is 20.6 Å². The van der Waals surface area contributed by atoms with E-state index in [-0.39, 0.29) is 18.5 Å². The Balaban J connectivity index is 1.08. The molecule has 0 atom stereocenters. The third kappa shape index (κ3) is 8.48. The quantitative estimate of drug-likeness (QED) is 0.139. The Kier molecular flexibility index (Phi) is 11.3. The molecular weight excluding hydrogens is 565 g/mol. The Morgan fingerprint density at radius 1 is 0.907 bits per heavy atom. The van der Waals surface area contributed by atoms with Crippen molar-refractivity contribution in [1.82, 2.24) is 4.90 Å². The molecule has 0 spiro atoms. The molecule has 0 saturated carbocycles. The lowest BCUT2D eigenvalue weighted by Gasteiger charge is -2.36. The number of carbonyl (C=O) groups excluding carboxylic acids is 2. The summed E-state index contributed by atoms with van der Waals surface area (Å²) in [6.07, 6.45) is 9.24. The van der Waals surface area contributed by atoms with Crippen molar-refractivity contribution in [3.63, 3.8) is 0 Å². The van der Waals surface area contributed by atoms with Gasteiger partial charge >= 0.3 is 6.16 Å². The topological polar surface area (TPSA) is 62.3 Å². The highest BCUT2D eigenvalue weighted by Gasteiger charge is 2.26. The first-order valence-electron chi connectivity index (χ1n) is 15.9. The van der Waals surface area contributed by atoms with Gasteiger partial charge in [0.2, 0.25) is 5.91 Å². The van der Waals surface area contributed by atoms with Crippen LogP contribution in [0, 0.1) is 5.82 Å². The minimum absolute atomic E-state index is 0.0438. The summed E-state index contributed by atoms with van der Waals surface area (Å²) in [6.45, 7) is 6.84. The van der Waals surface area contributed by atoms with Gasteiger partial charge in [0.15, 0.2) is 6.73 Å². The molecule has 1 amide bonds. The van der Waals surface area contributed by atoms with Crippen LogP contribution in [0.1, 0.15) is 69.4 Å². The molecule has 9 heteroatoms. The van der Waals surface area contributed by atoms with Crippen LogP contribution in [-0.2, 0) is 27.1 Å². The molecule has 7 nitrogen and oxygen atoms in total. The number of ether oxygens (including phenoxy) is 2. The van der Waals surface area contributed by atoms with Crippen LogP contribution in [0.2, 0.25) is 0 Å². The van der Waals surface area contributed by atoms with E-state index in [1.807, 2.05) is 5.38 Å². The minimum atomic E-state index is -0.723. The number of amides is 1. The molecule has 5 rings (SSSR count). The summed E-state index contributed by atoms with van der Waals surface area (Å²) >= 11 is 1.57. The molecule has 0 unspecified atom stereocenters. The zero-order valence-electron chi connectivity index (χ0n) is 25.3. The monoisotopic (exact) mass is 609 g/mol. The fraction of sp³-hybridized carbons (Fsp3) is 0.529. The third-order valence-corrected chi connectivity index (χ3v) is 9.44. The van der Waals surface area contributed by atoms with Gasteiger partial charge in [-0.15, -0.1) is 11.3 Å². The molecule has 0 radical (unpaired) electrons. The van der Waals surface area contributed by atoms with E-state index < -0.39 is 6.16 Å². The van der Waals surface area contributed by atoms with E-state index in [2.05, 4.69) is 41.0 Å². The highest BCUT2D eigenvalue weighted by atomic mass is 32.1. The van der Waals surface area contributed by atoms with E-state index in [9.17, 15) is 14.0 Å². The van der Waals surface area contributed by atoms with Crippen LogP contribution in [0.5, 0.6) is 0 Å². The second-order valence-corrected chi connectivity index (χ2v) is 12.6. The fourth-order valence-corrected chi connectivity index (χ4v) is 6.87. The fourth-order valence-electron chi connectivity index (χ4n) is 6.03. The van der Waals surface area contributed by atoms with Crippen molar-refractivity contribution >= 4 is 44.9 Å². The molecule has 1 aromatic heterocycles. The number of rotatable bonds is 14. The number of fused-ring (bicyclic) bond motifs is 2. The van der Waals surface area contributed by atoms with E-state index in [0.29, 0.717) is 19.4 Å². The Labute approximate surface area is 258 Å². The van der Waals surface area contributed by atoms with Crippen molar-refractivity contribution in [2.45, 2.75) is 71.1 Å². The van der Waals surface area contributed by atoms with Crippen molar-refractivity contribution in [3.8, 4) is 0 Å². The summed E-state index contributed by atoms with van der Waals surface area (Å²) in [5, 5.41) is 3.14. The number of hydrogen-bond donors (Lipinski definition) is 0. The van der Waals surface area contributed by atoms with Gasteiger partial charge in [-0.2, -0.15) is 0 Å². The standard InChI is InChI=1S/C34H44FN3O4S/c1-2-3-4-5-6-7-8-20-41-34(40)42-25-38-30-22-26(9-10-27(30)11-12-33(38)39)13-15-36-16-18-37(19-17-36)31-23-28(35)24-32-29(31)14-21-43-32/h9-10,14,21-24H,2-8,11-13,15-20,25H2,1H3. The van der Waals surface area contributed by atoms with Crippen molar-refractivity contribution in [2.75, 3.05) is 55.9 Å². The molecule has 1 fully saturated rings. The third-order valence-electron chi connectivity index (χ3n) is 8.57. The molecule has 232 valence electrons. The van der Waals surface area contributed by atoms with Gasteiger partial charge in [0, 0.05) is 54.9 Å². The number of anilines is 2. The molecule has 0 N–H and O–H groups in total. The molecule has 0 bridgehead atoms. The predicted octanol–water partition coefficient (Wildman–Crippen LogP) is 7.55. The number of hydrogen-bond acceptors (Lipinski definition) is 7. The Morgan fingerprint density at radius 3 is 2.51 bits per heavy atom. The molecule has 1 saturated heterocycles. The number of carbonyl (C=O) groups is 2. The van der Waals surface area contributed by atoms with Crippen molar-refractivity contribution in [1.29, 1.82) is 0 Å². The number of unbranched alkanes of at least 4 members (excludes halogenated alkanes) is 6. The van der Waals surface area contributed by atoms with Gasteiger partial charge in [-0.25, -0.2) is 9.18 Å². The highest BCUT2D eigenvalue weighted by Crippen LogP contribution is 2.33. The molecule has 0 aliphatic carbocycles. The first-order valence-corrected chi connectivity index (χ1v) is 16.8. The lowest BCUT2D eigenvalue weighted by molar-refractivity contribution is -0.119. The zero-order valence-corrected chi connectivity index (χ0v) is 26.1. The second-order valence-electron chi connectivity index (χ2n) is 11.6. The van der Waals surface area contributed by atoms with Crippen LogP contribution in [0.15, 0.2) is 41.8 Å². The summed E-state index contributed by atoms with van der Waals surface area (Å²) in [4.78, 5) is 31.3. The SMILES string of the molecule is CCCCCCCCCOC(=O)OCN1C(=O)CCc2ccc(CCN3CCN(c4cc(F)cc5sccc45)CC3)cc21. The average Bonchev–Trinajstić information content (AvgIpc) is 3.49. The van der Waals surface area contributed by atoms with Gasteiger partial charge in [0.25, 0.3) is 0 Å². The Bertz CT molecular complexity index is 1370. The lowest BCUT2D eigenvalue weighted by atomic mass is 9.98. The van der Waals surface area contributed by atoms with Gasteiger partial charge < -0.3 is 14.4 Å². The van der Waals surface area contributed by atoms with Crippen LogP contribution in [0.25, 0.3) is 10.1 Å². The van der Waals surface area contributed by atoms with Crippen molar-refractivity contribution < 1.29 is 23.5 Å². The maximum absolute atomic E-state index is 14.2. The zero-order chi connectivity index (χ0) is 30.0. The summed E-state index contributed by atoms with van der Waals surface area (Å²) in [5.41, 5.74) is 4.04. The smallest absolute Gasteiger partial charge is 0.434 e. The summed E-state index contributed by atoms with van der Waals surface area (Å²) in [6, 6.07) is 11.7. The number of nitrogens with zero attached hydrogens (tertiary/aromatic N) is 3. The summed E-state index contributed by atoms with van der Waals surface area (Å²) in [7, 11) is 0. The van der Waals surface area contributed by atoms with E-state index in [4.69, 9.17) is 9.47 Å². The minimum Gasteiger partial charge on any atom is -0.434 e. The normalized spacial score (nSPS) is 15.6. The summed E-state index contributed by atoms with van der Waals surface area (Å²) < 4.78 is 25.8. The Hall–Kier alpha value is -3.17. The van der Waals surface area contributed by atoms with Crippen LogP contribution in [-0.4, -0.2) is 63.0 Å². The Morgan fingerprint density at radius 2 is 1.70 bits per heavy atom. The van der Waals surface area contributed by atoms with Gasteiger partial charge in [-0.1, -0.05) is 57.6 Å². The molecule has 2 aliphatic heterocycles. The molecular formula is C34H44FN3O4S. The van der Waals surface area contributed by atoms with Crippen LogP contribution >= 0.6 is 11.3 Å². The van der Waals surface area contributed by atoms with E-state index in [1.165, 1.54) is 25.7 Å². The van der Waals surface area contributed by atoms with Gasteiger partial charge in [-0.3, -0.25) is 14.6 Å². The largest absolute Gasteiger partial charge is 0.510 e. The molecule has 2 aliphatic rings.